The molecular formula is C37H54N3O2+. The standard InChI is InChI=1S/C37H54N3O2/c1-7-9-23-39(24-10-8-2)30-20-18-29(19-21-30)36-38(6)32-13-11-12-14-33(32)40(36)35(28-16-17-28)37(41)42-34-25-27(5)15-22-31(34)26(3)4/h11-14,18-21,26-28,31,34-35H,7-10,15-17,22-25H2,1-6H3/q+1/t27-,31+,34?,35-/m1/s1. The second-order valence-electron chi connectivity index (χ2n) is 13.6. The van der Waals surface area contributed by atoms with Gasteiger partial charge in [-0.25, -0.2) is 13.9 Å². The lowest BCUT2D eigenvalue weighted by molar-refractivity contribution is -0.634. The minimum absolute atomic E-state index is 0.0121. The van der Waals surface area contributed by atoms with Gasteiger partial charge in [0.15, 0.2) is 11.0 Å². The number of para-hydroxylation sites is 2. The maximum Gasteiger partial charge on any atom is 0.352 e. The van der Waals surface area contributed by atoms with Crippen molar-refractivity contribution in [3.63, 3.8) is 0 Å². The van der Waals surface area contributed by atoms with E-state index in [0.29, 0.717) is 23.7 Å². The Morgan fingerprint density at radius 1 is 0.976 bits per heavy atom. The molecule has 2 saturated carbocycles. The monoisotopic (exact) mass is 572 g/mol. The summed E-state index contributed by atoms with van der Waals surface area (Å²) < 4.78 is 11.2. The predicted molar refractivity (Wildman–Crippen MR) is 174 cm³/mol. The van der Waals surface area contributed by atoms with Crippen LogP contribution in [0.25, 0.3) is 22.4 Å². The Balaban J connectivity index is 1.52. The Labute approximate surface area is 254 Å². The van der Waals surface area contributed by atoms with Gasteiger partial charge in [0.25, 0.3) is 5.82 Å². The number of fused-ring (bicyclic) bond motifs is 1. The fourth-order valence-electron chi connectivity index (χ4n) is 7.23. The first-order chi connectivity index (χ1) is 20.3. The largest absolute Gasteiger partial charge is 0.459 e. The van der Waals surface area contributed by atoms with Crippen molar-refractivity contribution in [2.75, 3.05) is 18.0 Å². The van der Waals surface area contributed by atoms with Gasteiger partial charge in [-0.1, -0.05) is 66.0 Å². The lowest BCUT2D eigenvalue weighted by Gasteiger charge is -2.37. The van der Waals surface area contributed by atoms with E-state index in [-0.39, 0.29) is 18.1 Å². The number of nitrogens with zero attached hydrogens (tertiary/aromatic N) is 3. The van der Waals surface area contributed by atoms with E-state index in [4.69, 9.17) is 4.74 Å². The van der Waals surface area contributed by atoms with Crippen molar-refractivity contribution in [1.82, 2.24) is 4.57 Å². The lowest BCUT2D eigenvalue weighted by Crippen LogP contribution is -2.39. The van der Waals surface area contributed by atoms with Crippen molar-refractivity contribution in [1.29, 1.82) is 0 Å². The summed E-state index contributed by atoms with van der Waals surface area (Å²) in [6, 6.07) is 17.3. The SMILES string of the molecule is CCCCN(CCCC)c1ccc(-c2n([C@@H](C(=O)OC3C[C@H](C)CC[C@H]3C(C)C)C3CC3)c3ccccc3[n+]2C)cc1. The highest BCUT2D eigenvalue weighted by Crippen LogP contribution is 2.45. The van der Waals surface area contributed by atoms with Gasteiger partial charge in [0.2, 0.25) is 6.04 Å². The number of hydrogen-bond acceptors (Lipinski definition) is 3. The lowest BCUT2D eigenvalue weighted by atomic mass is 9.75. The van der Waals surface area contributed by atoms with Crippen LogP contribution in [0.3, 0.4) is 0 Å². The predicted octanol–water partition coefficient (Wildman–Crippen LogP) is 8.49. The molecular weight excluding hydrogens is 518 g/mol. The van der Waals surface area contributed by atoms with Crippen LogP contribution in [0.1, 0.15) is 98.4 Å². The van der Waals surface area contributed by atoms with Gasteiger partial charge in [-0.2, -0.15) is 0 Å². The number of anilines is 1. The number of imidazole rings is 1. The number of rotatable bonds is 13. The zero-order valence-electron chi connectivity index (χ0n) is 27.0. The van der Waals surface area contributed by atoms with Crippen LogP contribution in [0.2, 0.25) is 0 Å². The molecule has 0 bridgehead atoms. The Bertz CT molecular complexity index is 1310. The third kappa shape index (κ3) is 6.55. The van der Waals surface area contributed by atoms with Gasteiger partial charge < -0.3 is 9.64 Å². The first-order valence-corrected chi connectivity index (χ1v) is 16.9. The van der Waals surface area contributed by atoms with Gasteiger partial charge in [0.05, 0.1) is 12.6 Å². The molecule has 5 nitrogen and oxygen atoms in total. The highest BCUT2D eigenvalue weighted by molar-refractivity contribution is 5.83. The van der Waals surface area contributed by atoms with Crippen LogP contribution in [-0.2, 0) is 16.6 Å². The summed E-state index contributed by atoms with van der Waals surface area (Å²) in [5.41, 5.74) is 4.69. The molecule has 0 amide bonds. The number of aryl methyl sites for hydroxylation is 1. The molecule has 1 aromatic heterocycles. The Kier molecular flexibility index (Phi) is 9.96. The highest BCUT2D eigenvalue weighted by atomic mass is 16.5. The maximum atomic E-state index is 14.3. The van der Waals surface area contributed by atoms with Gasteiger partial charge in [0, 0.05) is 24.7 Å². The molecule has 5 heteroatoms. The summed E-state index contributed by atoms with van der Waals surface area (Å²) in [5.74, 6) is 2.93. The number of ether oxygens (including phenoxy) is 1. The van der Waals surface area contributed by atoms with E-state index in [1.165, 1.54) is 37.8 Å². The zero-order valence-corrected chi connectivity index (χ0v) is 27.0. The average molecular weight is 573 g/mol. The molecule has 0 saturated heterocycles. The molecule has 2 aliphatic carbocycles. The molecule has 0 N–H and O–H groups in total. The Hall–Kier alpha value is -2.82. The molecule has 0 spiro atoms. The molecule has 2 fully saturated rings. The Morgan fingerprint density at radius 3 is 2.26 bits per heavy atom. The smallest absolute Gasteiger partial charge is 0.352 e. The molecule has 42 heavy (non-hydrogen) atoms. The number of unbranched alkanes of at least 4 members (excludes halogenated alkanes) is 2. The van der Waals surface area contributed by atoms with Crippen LogP contribution in [0.5, 0.6) is 0 Å². The molecule has 1 unspecified atom stereocenters. The number of aromatic nitrogens is 2. The number of benzene rings is 2. The third-order valence-corrected chi connectivity index (χ3v) is 9.92. The molecule has 5 rings (SSSR count). The topological polar surface area (TPSA) is 38.4 Å². The van der Waals surface area contributed by atoms with E-state index in [1.807, 2.05) is 0 Å². The Morgan fingerprint density at radius 2 is 1.64 bits per heavy atom. The van der Waals surface area contributed by atoms with E-state index in [0.717, 1.165) is 61.2 Å². The summed E-state index contributed by atoms with van der Waals surface area (Å²) in [6.07, 6.45) is 10.3. The molecule has 2 aliphatic rings. The molecule has 4 atom stereocenters. The second-order valence-corrected chi connectivity index (χ2v) is 13.6. The van der Waals surface area contributed by atoms with Crippen LogP contribution in [0.15, 0.2) is 48.5 Å². The van der Waals surface area contributed by atoms with Crippen LogP contribution in [0.4, 0.5) is 5.69 Å². The van der Waals surface area contributed by atoms with Gasteiger partial charge in [-0.05, 0) is 92.7 Å². The van der Waals surface area contributed by atoms with Crippen LogP contribution < -0.4 is 9.47 Å². The van der Waals surface area contributed by atoms with Crippen molar-refractivity contribution < 1.29 is 14.1 Å². The first kappa shape index (κ1) is 30.6. The molecule has 0 radical (unpaired) electrons. The van der Waals surface area contributed by atoms with E-state index in [2.05, 4.69) is 104 Å². The number of carbonyl (C=O) groups is 1. The number of esters is 1. The number of hydrogen-bond donors (Lipinski definition) is 0. The third-order valence-electron chi connectivity index (χ3n) is 9.92. The highest BCUT2D eigenvalue weighted by Gasteiger charge is 2.47. The average Bonchev–Trinajstić information content (AvgIpc) is 3.78. The quantitative estimate of drug-likeness (QED) is 0.152. The van der Waals surface area contributed by atoms with Crippen molar-refractivity contribution in [3.8, 4) is 11.4 Å². The molecule has 1 heterocycles. The van der Waals surface area contributed by atoms with Crippen LogP contribution in [-0.4, -0.2) is 29.7 Å². The van der Waals surface area contributed by atoms with Crippen LogP contribution in [0, 0.1) is 23.7 Å². The minimum Gasteiger partial charge on any atom is -0.459 e. The van der Waals surface area contributed by atoms with Crippen molar-refractivity contribution in [2.24, 2.45) is 30.7 Å². The van der Waals surface area contributed by atoms with Gasteiger partial charge >= 0.3 is 5.97 Å². The second kappa shape index (κ2) is 13.7. The molecule has 228 valence electrons. The number of carbonyl (C=O) groups excluding carboxylic acids is 1. The molecule has 0 aliphatic heterocycles. The zero-order chi connectivity index (χ0) is 29.8. The van der Waals surface area contributed by atoms with Crippen molar-refractivity contribution >= 4 is 22.7 Å². The minimum atomic E-state index is -0.304. The summed E-state index contributed by atoms with van der Waals surface area (Å²) in [6.45, 7) is 13.6. The van der Waals surface area contributed by atoms with Crippen molar-refractivity contribution in [3.05, 3.63) is 48.5 Å². The van der Waals surface area contributed by atoms with E-state index < -0.39 is 0 Å². The summed E-state index contributed by atoms with van der Waals surface area (Å²) in [7, 11) is 2.14. The van der Waals surface area contributed by atoms with E-state index >= 15 is 0 Å². The summed E-state index contributed by atoms with van der Waals surface area (Å²) in [5, 5.41) is 0. The van der Waals surface area contributed by atoms with Gasteiger partial charge in [-0.15, -0.1) is 0 Å². The molecule has 3 aromatic rings. The summed E-state index contributed by atoms with van der Waals surface area (Å²) in [4.78, 5) is 16.8. The fraction of sp³-hybridized carbons (Fsp3) is 0.622. The first-order valence-electron chi connectivity index (χ1n) is 16.9. The van der Waals surface area contributed by atoms with E-state index in [1.54, 1.807) is 0 Å². The van der Waals surface area contributed by atoms with Crippen LogP contribution >= 0.6 is 0 Å². The van der Waals surface area contributed by atoms with E-state index in [9.17, 15) is 4.79 Å². The summed E-state index contributed by atoms with van der Waals surface area (Å²) >= 11 is 0. The molecule has 2 aromatic carbocycles. The maximum absolute atomic E-state index is 14.3. The fourth-order valence-corrected chi connectivity index (χ4v) is 7.23. The van der Waals surface area contributed by atoms with Gasteiger partial charge in [-0.3, -0.25) is 0 Å². The normalized spacial score (nSPS) is 21.5. The van der Waals surface area contributed by atoms with Gasteiger partial charge in [0.1, 0.15) is 6.10 Å². The van der Waals surface area contributed by atoms with Crippen molar-refractivity contribution in [2.45, 2.75) is 105 Å².